The Labute approximate surface area is 118 Å². The summed E-state index contributed by atoms with van der Waals surface area (Å²) in [5, 5.41) is 19.9. The van der Waals surface area contributed by atoms with Gasteiger partial charge in [-0.3, -0.25) is 0 Å². The predicted octanol–water partition coefficient (Wildman–Crippen LogP) is 2.64. The van der Waals surface area contributed by atoms with Gasteiger partial charge in [-0.15, -0.1) is 0 Å². The summed E-state index contributed by atoms with van der Waals surface area (Å²) in [7, 11) is 0. The molecule has 0 radical (unpaired) electrons. The summed E-state index contributed by atoms with van der Waals surface area (Å²) in [6, 6.07) is 10.0. The van der Waals surface area contributed by atoms with Crippen molar-refractivity contribution in [3.63, 3.8) is 0 Å². The monoisotopic (exact) mass is 277 g/mol. The second-order valence-corrected chi connectivity index (χ2v) is 5.98. The standard InChI is InChI=1S/C15H19NO2S/c1-19-8-4-7-14(17)15(10-16)9-12-5-2-3-6-13(12)18-11-15/h2-3,5-6,14,17H,4,7-9,11H2,1H3. The molecule has 4 heteroatoms. The normalized spacial score (nSPS) is 23.0. The van der Waals surface area contributed by atoms with E-state index in [-0.39, 0.29) is 6.61 Å². The van der Waals surface area contributed by atoms with E-state index in [0.29, 0.717) is 12.8 Å². The van der Waals surface area contributed by atoms with Crippen molar-refractivity contribution in [3.05, 3.63) is 29.8 Å². The molecular weight excluding hydrogens is 258 g/mol. The van der Waals surface area contributed by atoms with Gasteiger partial charge < -0.3 is 9.84 Å². The van der Waals surface area contributed by atoms with Crippen LogP contribution in [0.15, 0.2) is 24.3 Å². The molecule has 1 aromatic carbocycles. The Bertz CT molecular complexity index is 471. The van der Waals surface area contributed by atoms with Crippen LogP contribution in [0.1, 0.15) is 18.4 Å². The summed E-state index contributed by atoms with van der Waals surface area (Å²) < 4.78 is 5.67. The molecule has 3 nitrogen and oxygen atoms in total. The number of benzene rings is 1. The SMILES string of the molecule is CSCCCC(O)C1(C#N)COc2ccccc2C1. The van der Waals surface area contributed by atoms with Crippen molar-refractivity contribution in [1.82, 2.24) is 0 Å². The number of ether oxygens (including phenoxy) is 1. The molecule has 0 aliphatic carbocycles. The molecule has 0 aromatic heterocycles. The van der Waals surface area contributed by atoms with E-state index < -0.39 is 11.5 Å². The highest BCUT2D eigenvalue weighted by atomic mass is 32.2. The van der Waals surface area contributed by atoms with Crippen molar-refractivity contribution in [2.45, 2.75) is 25.4 Å². The molecule has 1 aliphatic rings. The van der Waals surface area contributed by atoms with Gasteiger partial charge in [0, 0.05) is 6.42 Å². The van der Waals surface area contributed by atoms with Crippen LogP contribution in [0.2, 0.25) is 0 Å². The van der Waals surface area contributed by atoms with Crippen LogP contribution in [0.4, 0.5) is 0 Å². The molecule has 2 rings (SSSR count). The highest BCUT2D eigenvalue weighted by molar-refractivity contribution is 7.98. The molecule has 0 bridgehead atoms. The first-order chi connectivity index (χ1) is 9.22. The van der Waals surface area contributed by atoms with Gasteiger partial charge in [-0.2, -0.15) is 17.0 Å². The lowest BCUT2D eigenvalue weighted by molar-refractivity contribution is 0.0131. The number of hydrogen-bond acceptors (Lipinski definition) is 4. The Morgan fingerprint density at radius 2 is 2.32 bits per heavy atom. The lowest BCUT2D eigenvalue weighted by Gasteiger charge is -2.36. The highest BCUT2D eigenvalue weighted by Gasteiger charge is 2.42. The number of hydrogen-bond donors (Lipinski definition) is 1. The number of nitriles is 1. The summed E-state index contributed by atoms with van der Waals surface area (Å²) in [4.78, 5) is 0. The number of rotatable bonds is 5. The zero-order valence-electron chi connectivity index (χ0n) is 11.1. The quantitative estimate of drug-likeness (QED) is 0.841. The first-order valence-corrected chi connectivity index (χ1v) is 7.90. The van der Waals surface area contributed by atoms with Crippen LogP contribution >= 0.6 is 11.8 Å². The largest absolute Gasteiger partial charge is 0.492 e. The van der Waals surface area contributed by atoms with Gasteiger partial charge >= 0.3 is 0 Å². The van der Waals surface area contributed by atoms with E-state index in [4.69, 9.17) is 4.74 Å². The number of fused-ring (bicyclic) bond motifs is 1. The average molecular weight is 277 g/mol. The second kappa shape index (κ2) is 6.31. The van der Waals surface area contributed by atoms with Crippen LogP contribution < -0.4 is 4.74 Å². The molecule has 2 atom stereocenters. The Morgan fingerprint density at radius 3 is 3.05 bits per heavy atom. The third-order valence-electron chi connectivity index (χ3n) is 3.65. The van der Waals surface area contributed by atoms with Gasteiger partial charge in [-0.25, -0.2) is 0 Å². The van der Waals surface area contributed by atoms with Crippen LogP contribution in [0.3, 0.4) is 0 Å². The molecule has 0 saturated heterocycles. The van der Waals surface area contributed by atoms with E-state index in [1.165, 1.54) is 0 Å². The van der Waals surface area contributed by atoms with E-state index >= 15 is 0 Å². The molecule has 1 aromatic rings. The molecule has 19 heavy (non-hydrogen) atoms. The van der Waals surface area contributed by atoms with Crippen molar-refractivity contribution in [3.8, 4) is 11.8 Å². The van der Waals surface area contributed by atoms with Crippen molar-refractivity contribution in [2.75, 3.05) is 18.6 Å². The number of aliphatic hydroxyl groups excluding tert-OH is 1. The summed E-state index contributed by atoms with van der Waals surface area (Å²) in [5.74, 6) is 1.85. The van der Waals surface area contributed by atoms with Crippen LogP contribution in [-0.4, -0.2) is 29.8 Å². The van der Waals surface area contributed by atoms with Gasteiger partial charge in [0.15, 0.2) is 0 Å². The fraction of sp³-hybridized carbons (Fsp3) is 0.533. The lowest BCUT2D eigenvalue weighted by atomic mass is 9.75. The lowest BCUT2D eigenvalue weighted by Crippen LogP contribution is -2.43. The smallest absolute Gasteiger partial charge is 0.122 e. The molecule has 1 N–H and O–H groups in total. The molecule has 2 unspecified atom stereocenters. The van der Waals surface area contributed by atoms with Crippen molar-refractivity contribution < 1.29 is 9.84 Å². The van der Waals surface area contributed by atoms with Gasteiger partial charge in [0.05, 0.1) is 12.2 Å². The Hall–Kier alpha value is -1.18. The van der Waals surface area contributed by atoms with Gasteiger partial charge in [0.1, 0.15) is 17.8 Å². The Kier molecular flexibility index (Phi) is 4.73. The minimum Gasteiger partial charge on any atom is -0.492 e. The van der Waals surface area contributed by atoms with Gasteiger partial charge in [-0.05, 0) is 36.5 Å². The molecule has 1 heterocycles. The van der Waals surface area contributed by atoms with Crippen LogP contribution in [0.5, 0.6) is 5.75 Å². The van der Waals surface area contributed by atoms with Crippen molar-refractivity contribution in [1.29, 1.82) is 5.26 Å². The molecule has 1 aliphatic heterocycles. The number of nitrogens with zero attached hydrogens (tertiary/aromatic N) is 1. The predicted molar refractivity (Wildman–Crippen MR) is 77.3 cm³/mol. The zero-order chi connectivity index (χ0) is 13.7. The van der Waals surface area contributed by atoms with Gasteiger partial charge in [0.25, 0.3) is 0 Å². The number of para-hydroxylation sites is 1. The van der Waals surface area contributed by atoms with Gasteiger partial charge in [-0.1, -0.05) is 18.2 Å². The molecule has 102 valence electrons. The third-order valence-corrected chi connectivity index (χ3v) is 4.35. The fourth-order valence-electron chi connectivity index (χ4n) is 2.45. The molecular formula is C15H19NO2S. The average Bonchev–Trinajstić information content (AvgIpc) is 2.46. The maximum atomic E-state index is 10.4. The fourth-order valence-corrected chi connectivity index (χ4v) is 2.90. The van der Waals surface area contributed by atoms with Crippen molar-refractivity contribution >= 4 is 11.8 Å². The minimum absolute atomic E-state index is 0.279. The second-order valence-electron chi connectivity index (χ2n) is 4.99. The topological polar surface area (TPSA) is 53.2 Å². The summed E-state index contributed by atoms with van der Waals surface area (Å²) in [6.07, 6.45) is 3.57. The third kappa shape index (κ3) is 3.05. The summed E-state index contributed by atoms with van der Waals surface area (Å²) in [6.45, 7) is 0.279. The highest BCUT2D eigenvalue weighted by Crippen LogP contribution is 2.37. The van der Waals surface area contributed by atoms with E-state index in [9.17, 15) is 10.4 Å². The number of aliphatic hydroxyl groups is 1. The van der Waals surface area contributed by atoms with E-state index in [1.807, 2.05) is 30.5 Å². The molecule has 0 spiro atoms. The van der Waals surface area contributed by atoms with E-state index in [0.717, 1.165) is 23.5 Å². The van der Waals surface area contributed by atoms with E-state index in [2.05, 4.69) is 6.07 Å². The van der Waals surface area contributed by atoms with Crippen LogP contribution in [0.25, 0.3) is 0 Å². The maximum absolute atomic E-state index is 10.4. The minimum atomic E-state index is -0.799. The number of thioether (sulfide) groups is 1. The summed E-state index contributed by atoms with van der Waals surface area (Å²) >= 11 is 1.76. The summed E-state index contributed by atoms with van der Waals surface area (Å²) in [5.41, 5.74) is 0.214. The molecule has 0 amide bonds. The zero-order valence-corrected chi connectivity index (χ0v) is 11.9. The Morgan fingerprint density at radius 1 is 1.53 bits per heavy atom. The first-order valence-electron chi connectivity index (χ1n) is 6.51. The first kappa shape index (κ1) is 14.2. The molecule has 0 fully saturated rings. The maximum Gasteiger partial charge on any atom is 0.122 e. The van der Waals surface area contributed by atoms with Crippen molar-refractivity contribution in [2.24, 2.45) is 5.41 Å². The molecule has 0 saturated carbocycles. The van der Waals surface area contributed by atoms with Gasteiger partial charge in [0.2, 0.25) is 0 Å². The Balaban J connectivity index is 2.11. The van der Waals surface area contributed by atoms with E-state index in [1.54, 1.807) is 11.8 Å². The van der Waals surface area contributed by atoms with Crippen LogP contribution in [0, 0.1) is 16.7 Å². The van der Waals surface area contributed by atoms with Crippen LogP contribution in [-0.2, 0) is 6.42 Å².